The molecule has 2 aromatic rings. The van der Waals surface area contributed by atoms with Crippen LogP contribution >= 0.6 is 0 Å². The van der Waals surface area contributed by atoms with Crippen molar-refractivity contribution in [3.63, 3.8) is 0 Å². The van der Waals surface area contributed by atoms with Crippen molar-refractivity contribution >= 4 is 12.0 Å². The molecule has 1 fully saturated rings. The van der Waals surface area contributed by atoms with E-state index in [0.717, 1.165) is 17.7 Å². The van der Waals surface area contributed by atoms with Crippen LogP contribution in [0.2, 0.25) is 0 Å². The standard InChI is InChI=1S/C18H17N3O4/c22-18(6-4-13-3-5-15-16(10-13)24-12-23-15)21-9-7-14(11-21)25-17-2-1-8-19-20-17/h1-6,8,10,14H,7,9,11-12H2. The van der Waals surface area contributed by atoms with Crippen molar-refractivity contribution in [2.75, 3.05) is 19.9 Å². The van der Waals surface area contributed by atoms with Crippen molar-refractivity contribution in [3.8, 4) is 17.4 Å². The number of nitrogens with zero attached hydrogens (tertiary/aromatic N) is 3. The van der Waals surface area contributed by atoms with Gasteiger partial charge in [-0.05, 0) is 29.8 Å². The van der Waals surface area contributed by atoms with Gasteiger partial charge in [0.15, 0.2) is 11.5 Å². The average Bonchev–Trinajstić information content (AvgIpc) is 3.29. The Kier molecular flexibility index (Phi) is 4.20. The third-order valence-corrected chi connectivity index (χ3v) is 4.11. The van der Waals surface area contributed by atoms with Crippen LogP contribution < -0.4 is 14.2 Å². The smallest absolute Gasteiger partial charge is 0.246 e. The van der Waals surface area contributed by atoms with Gasteiger partial charge in [-0.1, -0.05) is 6.07 Å². The van der Waals surface area contributed by atoms with Crippen LogP contribution in [0.25, 0.3) is 6.08 Å². The molecular formula is C18H17N3O4. The van der Waals surface area contributed by atoms with Gasteiger partial charge in [0.05, 0.1) is 6.54 Å². The summed E-state index contributed by atoms with van der Waals surface area (Å²) >= 11 is 0. The van der Waals surface area contributed by atoms with Crippen molar-refractivity contribution in [1.29, 1.82) is 0 Å². The molecule has 1 saturated heterocycles. The van der Waals surface area contributed by atoms with Crippen LogP contribution in [0.1, 0.15) is 12.0 Å². The minimum Gasteiger partial charge on any atom is -0.471 e. The first kappa shape index (κ1) is 15.4. The van der Waals surface area contributed by atoms with Crippen LogP contribution in [0, 0.1) is 0 Å². The molecule has 1 unspecified atom stereocenters. The van der Waals surface area contributed by atoms with E-state index in [4.69, 9.17) is 14.2 Å². The number of amides is 1. The number of rotatable bonds is 4. The lowest BCUT2D eigenvalue weighted by molar-refractivity contribution is -0.125. The third-order valence-electron chi connectivity index (χ3n) is 4.11. The fourth-order valence-electron chi connectivity index (χ4n) is 2.84. The average molecular weight is 339 g/mol. The summed E-state index contributed by atoms with van der Waals surface area (Å²) in [4.78, 5) is 14.1. The van der Waals surface area contributed by atoms with Crippen LogP contribution in [0.3, 0.4) is 0 Å². The van der Waals surface area contributed by atoms with E-state index < -0.39 is 0 Å². The van der Waals surface area contributed by atoms with Gasteiger partial charge in [0.2, 0.25) is 18.6 Å². The summed E-state index contributed by atoms with van der Waals surface area (Å²) in [5.41, 5.74) is 0.893. The van der Waals surface area contributed by atoms with E-state index in [9.17, 15) is 4.79 Å². The topological polar surface area (TPSA) is 73.8 Å². The van der Waals surface area contributed by atoms with Gasteiger partial charge in [0.25, 0.3) is 0 Å². The minimum absolute atomic E-state index is 0.0390. The lowest BCUT2D eigenvalue weighted by atomic mass is 10.2. The van der Waals surface area contributed by atoms with Crippen molar-refractivity contribution in [2.24, 2.45) is 0 Å². The van der Waals surface area contributed by atoms with Crippen LogP contribution in [-0.4, -0.2) is 47.0 Å². The second-order valence-corrected chi connectivity index (χ2v) is 5.82. The van der Waals surface area contributed by atoms with Crippen molar-refractivity contribution in [1.82, 2.24) is 15.1 Å². The van der Waals surface area contributed by atoms with E-state index in [1.807, 2.05) is 18.2 Å². The Bertz CT molecular complexity index is 794. The normalized spacial score (nSPS) is 18.7. The molecule has 7 heteroatoms. The Morgan fingerprint density at radius 3 is 3.08 bits per heavy atom. The number of benzene rings is 1. The number of likely N-dealkylation sites (tertiary alicyclic amines) is 1. The highest BCUT2D eigenvalue weighted by atomic mass is 16.7. The van der Waals surface area contributed by atoms with Gasteiger partial charge in [-0.2, -0.15) is 5.10 Å². The molecule has 2 aliphatic heterocycles. The number of ether oxygens (including phenoxy) is 3. The molecule has 1 atom stereocenters. The zero-order chi connectivity index (χ0) is 17.1. The van der Waals surface area contributed by atoms with Gasteiger partial charge in [-0.15, -0.1) is 5.10 Å². The molecule has 3 heterocycles. The van der Waals surface area contributed by atoms with Crippen LogP contribution in [0.4, 0.5) is 0 Å². The van der Waals surface area contributed by atoms with Crippen LogP contribution in [-0.2, 0) is 4.79 Å². The van der Waals surface area contributed by atoms with Gasteiger partial charge >= 0.3 is 0 Å². The molecule has 0 aliphatic carbocycles. The van der Waals surface area contributed by atoms with E-state index in [2.05, 4.69) is 10.2 Å². The quantitative estimate of drug-likeness (QED) is 0.792. The Morgan fingerprint density at radius 2 is 2.20 bits per heavy atom. The Hall–Kier alpha value is -3.09. The molecule has 25 heavy (non-hydrogen) atoms. The summed E-state index contributed by atoms with van der Waals surface area (Å²) in [6.45, 7) is 1.44. The fourth-order valence-corrected chi connectivity index (χ4v) is 2.84. The summed E-state index contributed by atoms with van der Waals surface area (Å²) in [6.07, 6.45) is 5.67. The molecule has 1 aromatic heterocycles. The number of carbonyl (C=O) groups is 1. The predicted molar refractivity (Wildman–Crippen MR) is 89.2 cm³/mol. The van der Waals surface area contributed by atoms with Crippen molar-refractivity contribution in [3.05, 3.63) is 48.2 Å². The summed E-state index contributed by atoms with van der Waals surface area (Å²) in [7, 11) is 0. The fraction of sp³-hybridized carbons (Fsp3) is 0.278. The molecule has 0 saturated carbocycles. The van der Waals surface area contributed by atoms with E-state index in [1.165, 1.54) is 0 Å². The van der Waals surface area contributed by atoms with Gasteiger partial charge < -0.3 is 19.1 Å². The first-order valence-electron chi connectivity index (χ1n) is 8.09. The van der Waals surface area contributed by atoms with E-state index in [1.54, 1.807) is 35.4 Å². The highest BCUT2D eigenvalue weighted by Crippen LogP contribution is 2.32. The molecule has 128 valence electrons. The lowest BCUT2D eigenvalue weighted by Gasteiger charge is -2.15. The number of hydrogen-bond donors (Lipinski definition) is 0. The van der Waals surface area contributed by atoms with Gasteiger partial charge in [-0.25, -0.2) is 0 Å². The van der Waals surface area contributed by atoms with E-state index in [-0.39, 0.29) is 18.8 Å². The predicted octanol–water partition coefficient (Wildman–Crippen LogP) is 1.90. The van der Waals surface area contributed by atoms with E-state index >= 15 is 0 Å². The van der Waals surface area contributed by atoms with Crippen molar-refractivity contribution in [2.45, 2.75) is 12.5 Å². The summed E-state index contributed by atoms with van der Waals surface area (Å²) in [5.74, 6) is 1.88. The maximum Gasteiger partial charge on any atom is 0.246 e. The molecule has 7 nitrogen and oxygen atoms in total. The summed E-state index contributed by atoms with van der Waals surface area (Å²) in [5, 5.41) is 7.69. The number of hydrogen-bond acceptors (Lipinski definition) is 6. The number of aromatic nitrogens is 2. The van der Waals surface area contributed by atoms with Crippen LogP contribution in [0.5, 0.6) is 17.4 Å². The summed E-state index contributed by atoms with van der Waals surface area (Å²) in [6, 6.07) is 9.12. The van der Waals surface area contributed by atoms with Gasteiger partial charge in [-0.3, -0.25) is 4.79 Å². The van der Waals surface area contributed by atoms with Gasteiger partial charge in [0, 0.05) is 31.3 Å². The largest absolute Gasteiger partial charge is 0.471 e. The Morgan fingerprint density at radius 1 is 1.28 bits per heavy atom. The summed E-state index contributed by atoms with van der Waals surface area (Å²) < 4.78 is 16.4. The zero-order valence-electron chi connectivity index (χ0n) is 13.5. The first-order valence-corrected chi connectivity index (χ1v) is 8.09. The number of fused-ring (bicyclic) bond motifs is 1. The van der Waals surface area contributed by atoms with Crippen LogP contribution in [0.15, 0.2) is 42.6 Å². The second-order valence-electron chi connectivity index (χ2n) is 5.82. The molecule has 1 amide bonds. The Labute approximate surface area is 144 Å². The SMILES string of the molecule is O=C(C=Cc1ccc2c(c1)OCO2)N1CCC(Oc2cccnn2)C1. The van der Waals surface area contributed by atoms with E-state index in [0.29, 0.717) is 24.7 Å². The molecule has 1 aromatic carbocycles. The Balaban J connectivity index is 1.34. The second kappa shape index (κ2) is 6.80. The monoisotopic (exact) mass is 339 g/mol. The van der Waals surface area contributed by atoms with Crippen molar-refractivity contribution < 1.29 is 19.0 Å². The molecule has 4 rings (SSSR count). The zero-order valence-corrected chi connectivity index (χ0v) is 13.5. The minimum atomic E-state index is -0.0559. The third kappa shape index (κ3) is 3.55. The molecule has 0 spiro atoms. The number of carbonyl (C=O) groups excluding carboxylic acids is 1. The highest BCUT2D eigenvalue weighted by Gasteiger charge is 2.26. The maximum absolute atomic E-state index is 12.4. The molecule has 0 bridgehead atoms. The first-order chi connectivity index (χ1) is 12.3. The molecule has 2 aliphatic rings. The maximum atomic E-state index is 12.4. The molecule has 0 N–H and O–H groups in total. The lowest BCUT2D eigenvalue weighted by Crippen LogP contribution is -2.29. The van der Waals surface area contributed by atoms with Gasteiger partial charge in [0.1, 0.15) is 6.10 Å². The highest BCUT2D eigenvalue weighted by molar-refractivity contribution is 5.92. The molecular weight excluding hydrogens is 322 g/mol. The molecule has 0 radical (unpaired) electrons.